The smallest absolute Gasteiger partial charge is 0.251 e. The summed E-state index contributed by atoms with van der Waals surface area (Å²) >= 11 is 0. The van der Waals surface area contributed by atoms with Crippen molar-refractivity contribution in [3.05, 3.63) is 58.8 Å². The summed E-state index contributed by atoms with van der Waals surface area (Å²) in [5.41, 5.74) is 1.05. The van der Waals surface area contributed by atoms with Crippen LogP contribution in [0.2, 0.25) is 0 Å². The lowest BCUT2D eigenvalue weighted by molar-refractivity contribution is 0.00116. The van der Waals surface area contributed by atoms with Gasteiger partial charge in [-0.15, -0.1) is 0 Å². The highest BCUT2D eigenvalue weighted by atomic mass is 19.1. The third-order valence-corrected chi connectivity index (χ3v) is 6.61. The van der Waals surface area contributed by atoms with Crippen molar-refractivity contribution in [2.45, 2.75) is 44.2 Å². The Morgan fingerprint density at radius 3 is 2.64 bits per heavy atom. The van der Waals surface area contributed by atoms with Crippen molar-refractivity contribution in [2.24, 2.45) is 5.92 Å². The summed E-state index contributed by atoms with van der Waals surface area (Å²) in [5.74, 6) is 1.24. The topological polar surface area (TPSA) is 85.6 Å². The first-order valence-corrected chi connectivity index (χ1v) is 11.2. The lowest BCUT2D eigenvalue weighted by Gasteiger charge is -2.36. The molecule has 176 valence electrons. The highest BCUT2D eigenvalue weighted by molar-refractivity contribution is 5.74. The predicted molar refractivity (Wildman–Crippen MR) is 126 cm³/mol. The van der Waals surface area contributed by atoms with E-state index >= 15 is 0 Å². The average molecular weight is 456 g/mol. The molecule has 8 heteroatoms. The molecule has 1 aliphatic carbocycles. The molecule has 0 atom stereocenters. The van der Waals surface area contributed by atoms with Gasteiger partial charge in [0, 0.05) is 37.0 Å². The van der Waals surface area contributed by atoms with Crippen LogP contribution >= 0.6 is 0 Å². The first-order chi connectivity index (χ1) is 15.9. The molecule has 1 fully saturated rings. The van der Waals surface area contributed by atoms with Gasteiger partial charge in [0.05, 0.1) is 37.1 Å². The molecule has 1 aromatic carbocycles. The number of rotatable bonds is 8. The molecule has 0 bridgehead atoms. The normalized spacial score (nSPS) is 20.5. The Morgan fingerprint density at radius 2 is 1.91 bits per heavy atom. The predicted octanol–water partition coefficient (Wildman–Crippen LogP) is 3.98. The fraction of sp³-hybridized carbons (Fsp3) is 0.440. The van der Waals surface area contributed by atoms with Gasteiger partial charge in [0.2, 0.25) is 0 Å². The number of pyridine rings is 2. The third-order valence-electron chi connectivity index (χ3n) is 6.61. The lowest BCUT2D eigenvalue weighted by Crippen LogP contribution is -2.40. The Morgan fingerprint density at radius 1 is 1.15 bits per heavy atom. The van der Waals surface area contributed by atoms with Gasteiger partial charge in [0.25, 0.3) is 5.56 Å². The maximum Gasteiger partial charge on any atom is 0.251 e. The van der Waals surface area contributed by atoms with Crippen molar-refractivity contribution in [3.8, 4) is 11.5 Å². The zero-order chi connectivity index (χ0) is 23.4. The molecule has 2 N–H and O–H groups in total. The van der Waals surface area contributed by atoms with E-state index in [0.29, 0.717) is 54.4 Å². The van der Waals surface area contributed by atoms with E-state index in [9.17, 15) is 14.3 Å². The number of hydrogen-bond donors (Lipinski definition) is 2. The Bertz CT molecular complexity index is 1170. The van der Waals surface area contributed by atoms with Crippen molar-refractivity contribution in [2.75, 3.05) is 26.1 Å². The molecule has 1 aliphatic rings. The van der Waals surface area contributed by atoms with Crippen LogP contribution in [0.3, 0.4) is 0 Å². The van der Waals surface area contributed by atoms with E-state index in [-0.39, 0.29) is 5.56 Å². The van der Waals surface area contributed by atoms with E-state index < -0.39 is 11.4 Å². The summed E-state index contributed by atoms with van der Waals surface area (Å²) in [6.07, 6.45) is 5.06. The van der Waals surface area contributed by atoms with Crippen LogP contribution < -0.4 is 20.3 Å². The molecule has 3 aromatic rings. The molecule has 4 rings (SSSR count). The molecule has 2 heterocycles. The summed E-state index contributed by atoms with van der Waals surface area (Å²) in [5, 5.41) is 14.4. The van der Waals surface area contributed by atoms with Gasteiger partial charge in [0.1, 0.15) is 5.82 Å². The number of benzene rings is 1. The minimum atomic E-state index is -0.785. The van der Waals surface area contributed by atoms with Crippen molar-refractivity contribution < 1.29 is 19.0 Å². The van der Waals surface area contributed by atoms with Crippen molar-refractivity contribution in [1.82, 2.24) is 9.55 Å². The van der Waals surface area contributed by atoms with Crippen LogP contribution in [0.4, 0.5) is 10.1 Å². The Labute approximate surface area is 192 Å². The molecule has 0 unspecified atom stereocenters. The first kappa shape index (κ1) is 23.0. The first-order valence-electron chi connectivity index (χ1n) is 11.2. The van der Waals surface area contributed by atoms with Crippen LogP contribution in [0.25, 0.3) is 11.0 Å². The summed E-state index contributed by atoms with van der Waals surface area (Å²) in [6.45, 7) is 0.956. The van der Waals surface area contributed by atoms with Gasteiger partial charge in [-0.3, -0.25) is 9.78 Å². The molecule has 0 aliphatic heterocycles. The number of nitrogens with zero attached hydrogens (tertiary/aromatic N) is 2. The van der Waals surface area contributed by atoms with Crippen LogP contribution in [-0.2, 0) is 6.54 Å². The Hall–Kier alpha value is -3.13. The molecular weight excluding hydrogens is 425 g/mol. The second kappa shape index (κ2) is 9.79. The number of fused-ring (bicyclic) bond motifs is 1. The molecule has 1 saturated carbocycles. The zero-order valence-corrected chi connectivity index (χ0v) is 19.0. The van der Waals surface area contributed by atoms with Crippen LogP contribution in [0.1, 0.15) is 32.1 Å². The van der Waals surface area contributed by atoms with Gasteiger partial charge in [-0.05, 0) is 56.2 Å². The fourth-order valence-electron chi connectivity index (χ4n) is 4.58. The quantitative estimate of drug-likeness (QED) is 0.535. The van der Waals surface area contributed by atoms with E-state index in [1.54, 1.807) is 24.9 Å². The van der Waals surface area contributed by atoms with Crippen LogP contribution in [0.15, 0.2) is 47.4 Å². The van der Waals surface area contributed by atoms with Gasteiger partial charge in [-0.1, -0.05) is 0 Å². The second-order valence-electron chi connectivity index (χ2n) is 8.76. The molecule has 0 saturated heterocycles. The number of aliphatic hydroxyl groups is 1. The minimum Gasteiger partial charge on any atom is -0.493 e. The lowest BCUT2D eigenvalue weighted by atomic mass is 9.77. The van der Waals surface area contributed by atoms with Gasteiger partial charge in [0.15, 0.2) is 11.5 Å². The number of ether oxygens (including phenoxy) is 2. The van der Waals surface area contributed by atoms with Crippen molar-refractivity contribution in [1.29, 1.82) is 0 Å². The largest absolute Gasteiger partial charge is 0.493 e. The van der Waals surface area contributed by atoms with E-state index in [1.165, 1.54) is 12.1 Å². The number of halogens is 1. The number of aryl methyl sites for hydroxylation is 1. The zero-order valence-electron chi connectivity index (χ0n) is 19.0. The summed E-state index contributed by atoms with van der Waals surface area (Å²) in [6, 6.07) is 10.1. The van der Waals surface area contributed by atoms with Crippen molar-refractivity contribution in [3.63, 3.8) is 0 Å². The van der Waals surface area contributed by atoms with Crippen molar-refractivity contribution >= 4 is 16.7 Å². The summed E-state index contributed by atoms with van der Waals surface area (Å²) in [7, 11) is 3.19. The van der Waals surface area contributed by atoms with Crippen LogP contribution in [0.5, 0.6) is 11.5 Å². The molecule has 33 heavy (non-hydrogen) atoms. The molecule has 0 spiro atoms. The second-order valence-corrected chi connectivity index (χ2v) is 8.76. The fourth-order valence-corrected chi connectivity index (χ4v) is 4.58. The van der Waals surface area contributed by atoms with Crippen LogP contribution in [-0.4, -0.2) is 41.0 Å². The van der Waals surface area contributed by atoms with Gasteiger partial charge < -0.3 is 24.5 Å². The third kappa shape index (κ3) is 5.27. The van der Waals surface area contributed by atoms with E-state index in [1.807, 2.05) is 18.2 Å². The Balaban J connectivity index is 1.33. The van der Waals surface area contributed by atoms with E-state index in [4.69, 9.17) is 9.47 Å². The monoisotopic (exact) mass is 455 g/mol. The summed E-state index contributed by atoms with van der Waals surface area (Å²) < 4.78 is 25.9. The SMILES string of the molecule is COc1ccc(NCC2(O)CCC(CCn3c(=O)ccc4ncc(F)cc43)CC2)cc1OC. The molecule has 7 nitrogen and oxygen atoms in total. The number of hydrogen-bond acceptors (Lipinski definition) is 6. The Kier molecular flexibility index (Phi) is 6.83. The van der Waals surface area contributed by atoms with Gasteiger partial charge in [-0.2, -0.15) is 0 Å². The summed E-state index contributed by atoms with van der Waals surface area (Å²) in [4.78, 5) is 16.4. The van der Waals surface area contributed by atoms with E-state index in [2.05, 4.69) is 10.3 Å². The van der Waals surface area contributed by atoms with Crippen LogP contribution in [0, 0.1) is 11.7 Å². The van der Waals surface area contributed by atoms with E-state index in [0.717, 1.165) is 31.1 Å². The van der Waals surface area contributed by atoms with Gasteiger partial charge >= 0.3 is 0 Å². The molecular formula is C25H30FN3O4. The highest BCUT2D eigenvalue weighted by Crippen LogP contribution is 2.35. The maximum atomic E-state index is 13.7. The standard InChI is InChI=1S/C25H30FN3O4/c1-32-22-5-3-19(14-23(22)33-2)28-16-25(31)10-7-17(8-11-25)9-12-29-21-13-18(26)15-27-20(21)4-6-24(29)30/h3-6,13-15,17,28,31H,7-12,16H2,1-2H3. The minimum absolute atomic E-state index is 0.152. The highest BCUT2D eigenvalue weighted by Gasteiger charge is 2.33. The number of aromatic nitrogens is 2. The van der Waals surface area contributed by atoms with Gasteiger partial charge in [-0.25, -0.2) is 4.39 Å². The molecule has 0 radical (unpaired) electrons. The average Bonchev–Trinajstić information content (AvgIpc) is 2.83. The maximum absolute atomic E-state index is 13.7. The number of methoxy groups -OCH3 is 2. The molecule has 0 amide bonds. The molecule has 2 aromatic heterocycles. The number of anilines is 1. The number of nitrogens with one attached hydrogen (secondary N) is 1.